The van der Waals surface area contributed by atoms with Crippen LogP contribution in [0.5, 0.6) is 5.75 Å². The molecule has 0 unspecified atom stereocenters. The minimum Gasteiger partial charge on any atom is -0.494 e. The molecule has 0 bridgehead atoms. The average Bonchev–Trinajstić information content (AvgIpc) is 2.27. The van der Waals surface area contributed by atoms with Crippen molar-refractivity contribution in [2.45, 2.75) is 33.1 Å². The topological polar surface area (TPSA) is 9.23 Å². The zero-order chi connectivity index (χ0) is 11.1. The molecule has 0 fully saturated rings. The molecule has 1 aromatic carbocycles. The average molecular weight is 271 g/mol. The Bertz CT molecular complexity index is 297. The first-order chi connectivity index (χ1) is 7.33. The van der Waals surface area contributed by atoms with Crippen LogP contribution in [0.3, 0.4) is 0 Å². The highest BCUT2D eigenvalue weighted by Crippen LogP contribution is 2.24. The van der Waals surface area contributed by atoms with E-state index in [-0.39, 0.29) is 0 Å². The van der Waals surface area contributed by atoms with Gasteiger partial charge in [0.05, 0.1) is 6.61 Å². The van der Waals surface area contributed by atoms with E-state index in [1.807, 2.05) is 6.92 Å². The Morgan fingerprint density at radius 1 is 1.27 bits per heavy atom. The van der Waals surface area contributed by atoms with Gasteiger partial charge in [0.1, 0.15) is 5.75 Å². The number of hydrogen-bond donors (Lipinski definition) is 0. The fourth-order valence-electron chi connectivity index (χ4n) is 1.76. The molecule has 0 aliphatic carbocycles. The van der Waals surface area contributed by atoms with E-state index < -0.39 is 0 Å². The maximum Gasteiger partial charge on any atom is 0.122 e. The van der Waals surface area contributed by atoms with Crippen LogP contribution < -0.4 is 4.74 Å². The van der Waals surface area contributed by atoms with E-state index in [9.17, 15) is 0 Å². The molecule has 15 heavy (non-hydrogen) atoms. The molecule has 0 aliphatic rings. The summed E-state index contributed by atoms with van der Waals surface area (Å²) in [5, 5.41) is 1.05. The van der Waals surface area contributed by atoms with Crippen molar-refractivity contribution < 1.29 is 4.74 Å². The number of aryl methyl sites for hydroxylation is 1. The molecule has 0 heterocycles. The van der Waals surface area contributed by atoms with Gasteiger partial charge in [0, 0.05) is 5.33 Å². The Morgan fingerprint density at radius 2 is 2.07 bits per heavy atom. The van der Waals surface area contributed by atoms with Crippen molar-refractivity contribution in [1.82, 2.24) is 0 Å². The smallest absolute Gasteiger partial charge is 0.122 e. The van der Waals surface area contributed by atoms with Crippen LogP contribution in [-0.4, -0.2) is 11.9 Å². The van der Waals surface area contributed by atoms with Gasteiger partial charge in [0.2, 0.25) is 0 Å². The van der Waals surface area contributed by atoms with Crippen LogP contribution in [0.4, 0.5) is 0 Å². The second kappa shape index (κ2) is 6.89. The van der Waals surface area contributed by atoms with Crippen molar-refractivity contribution in [3.63, 3.8) is 0 Å². The second-order valence-corrected chi connectivity index (χ2v) is 4.27. The van der Waals surface area contributed by atoms with Crippen molar-refractivity contribution in [3.05, 3.63) is 29.3 Å². The fraction of sp³-hybridized carbons (Fsp3) is 0.538. The van der Waals surface area contributed by atoms with Crippen LogP contribution in [0, 0.1) is 0 Å². The lowest BCUT2D eigenvalue weighted by molar-refractivity contribution is 0.336. The lowest BCUT2D eigenvalue weighted by Gasteiger charge is -2.13. The first kappa shape index (κ1) is 12.6. The Morgan fingerprint density at radius 3 is 2.67 bits per heavy atom. The lowest BCUT2D eigenvalue weighted by Crippen LogP contribution is -2.01. The summed E-state index contributed by atoms with van der Waals surface area (Å²) >= 11 is 3.48. The molecule has 0 spiro atoms. The number of rotatable bonds is 6. The van der Waals surface area contributed by atoms with Crippen molar-refractivity contribution in [2.75, 3.05) is 11.9 Å². The molecule has 0 N–H and O–H groups in total. The van der Waals surface area contributed by atoms with Crippen molar-refractivity contribution >= 4 is 15.9 Å². The van der Waals surface area contributed by atoms with Gasteiger partial charge in [0.15, 0.2) is 0 Å². The lowest BCUT2D eigenvalue weighted by atomic mass is 10.0. The Labute approximate surface area is 101 Å². The van der Waals surface area contributed by atoms with E-state index in [1.165, 1.54) is 11.1 Å². The molecule has 0 aliphatic heterocycles. The third-order valence-corrected chi connectivity index (χ3v) is 3.03. The first-order valence-corrected chi connectivity index (χ1v) is 6.75. The molecular weight excluding hydrogens is 252 g/mol. The van der Waals surface area contributed by atoms with Gasteiger partial charge < -0.3 is 4.74 Å². The van der Waals surface area contributed by atoms with E-state index in [4.69, 9.17) is 4.74 Å². The standard InChI is InChI=1S/C13H19BrO/c1-3-11-7-5-9-13(15-4-2)12(11)8-6-10-14/h5,7,9H,3-4,6,8,10H2,1-2H3. The predicted molar refractivity (Wildman–Crippen MR) is 69.1 cm³/mol. The van der Waals surface area contributed by atoms with Gasteiger partial charge in [-0.15, -0.1) is 0 Å². The van der Waals surface area contributed by atoms with E-state index in [1.54, 1.807) is 0 Å². The second-order valence-electron chi connectivity index (χ2n) is 3.47. The van der Waals surface area contributed by atoms with Crippen molar-refractivity contribution in [1.29, 1.82) is 0 Å². The van der Waals surface area contributed by atoms with Crippen molar-refractivity contribution in [2.24, 2.45) is 0 Å². The number of benzene rings is 1. The molecule has 0 saturated heterocycles. The summed E-state index contributed by atoms with van der Waals surface area (Å²) in [6.45, 7) is 4.98. The van der Waals surface area contributed by atoms with Gasteiger partial charge in [-0.25, -0.2) is 0 Å². The molecule has 84 valence electrons. The predicted octanol–water partition coefficient (Wildman–Crippen LogP) is 3.98. The van der Waals surface area contributed by atoms with E-state index in [0.717, 1.165) is 36.9 Å². The maximum atomic E-state index is 5.66. The summed E-state index contributed by atoms with van der Waals surface area (Å²) in [6, 6.07) is 6.36. The summed E-state index contributed by atoms with van der Waals surface area (Å²) in [4.78, 5) is 0. The molecule has 1 nitrogen and oxygen atoms in total. The zero-order valence-electron chi connectivity index (χ0n) is 9.55. The summed E-state index contributed by atoms with van der Waals surface area (Å²) in [6.07, 6.45) is 3.35. The fourth-order valence-corrected chi connectivity index (χ4v) is 2.04. The molecule has 0 atom stereocenters. The van der Waals surface area contributed by atoms with Crippen LogP contribution in [0.2, 0.25) is 0 Å². The van der Waals surface area contributed by atoms with Crippen LogP contribution in [0.1, 0.15) is 31.4 Å². The number of hydrogen-bond acceptors (Lipinski definition) is 1. The summed E-state index contributed by atoms with van der Waals surface area (Å²) in [5.74, 6) is 1.07. The van der Waals surface area contributed by atoms with Crippen molar-refractivity contribution in [3.8, 4) is 5.75 Å². The molecule has 0 radical (unpaired) electrons. The Balaban J connectivity index is 2.92. The van der Waals surface area contributed by atoms with Gasteiger partial charge in [-0.2, -0.15) is 0 Å². The normalized spacial score (nSPS) is 10.3. The van der Waals surface area contributed by atoms with Gasteiger partial charge in [-0.1, -0.05) is 35.0 Å². The highest BCUT2D eigenvalue weighted by atomic mass is 79.9. The molecule has 0 aromatic heterocycles. The van der Waals surface area contributed by atoms with Gasteiger partial charge in [-0.05, 0) is 43.4 Å². The SMILES string of the molecule is CCOc1cccc(CC)c1CCCBr. The summed E-state index contributed by atoms with van der Waals surface area (Å²) in [7, 11) is 0. The van der Waals surface area contributed by atoms with Gasteiger partial charge >= 0.3 is 0 Å². The molecular formula is C13H19BrO. The highest BCUT2D eigenvalue weighted by molar-refractivity contribution is 9.09. The van der Waals surface area contributed by atoms with Crippen LogP contribution in [0.15, 0.2) is 18.2 Å². The molecule has 1 aromatic rings. The number of halogens is 1. The summed E-state index contributed by atoms with van der Waals surface area (Å²) in [5.41, 5.74) is 2.81. The molecule has 2 heteroatoms. The Hall–Kier alpha value is -0.500. The molecule has 0 saturated carbocycles. The van der Waals surface area contributed by atoms with Gasteiger partial charge in [-0.3, -0.25) is 0 Å². The first-order valence-electron chi connectivity index (χ1n) is 5.63. The van der Waals surface area contributed by atoms with E-state index in [2.05, 4.69) is 41.1 Å². The van der Waals surface area contributed by atoms with E-state index in [0.29, 0.717) is 0 Å². The van der Waals surface area contributed by atoms with Gasteiger partial charge in [0.25, 0.3) is 0 Å². The van der Waals surface area contributed by atoms with Crippen LogP contribution in [0.25, 0.3) is 0 Å². The van der Waals surface area contributed by atoms with Crippen LogP contribution in [-0.2, 0) is 12.8 Å². The minimum absolute atomic E-state index is 0.745. The monoisotopic (exact) mass is 270 g/mol. The number of ether oxygens (including phenoxy) is 1. The minimum atomic E-state index is 0.745. The highest BCUT2D eigenvalue weighted by Gasteiger charge is 2.07. The summed E-state index contributed by atoms with van der Waals surface area (Å²) < 4.78 is 5.66. The molecule has 1 rings (SSSR count). The third-order valence-electron chi connectivity index (χ3n) is 2.47. The molecule has 0 amide bonds. The quantitative estimate of drug-likeness (QED) is 0.711. The Kier molecular flexibility index (Phi) is 5.77. The third kappa shape index (κ3) is 3.53. The zero-order valence-corrected chi connectivity index (χ0v) is 11.1. The maximum absolute atomic E-state index is 5.66. The largest absolute Gasteiger partial charge is 0.494 e. The number of alkyl halides is 1. The van der Waals surface area contributed by atoms with Crippen LogP contribution >= 0.6 is 15.9 Å². The van der Waals surface area contributed by atoms with E-state index >= 15 is 0 Å².